The molecule has 0 aliphatic carbocycles. The van der Waals surface area contributed by atoms with Crippen LogP contribution in [-0.4, -0.2) is 52.8 Å². The Morgan fingerprint density at radius 1 is 1.14 bits per heavy atom. The first kappa shape index (κ1) is 14.0. The molecule has 6 heteroatoms. The van der Waals surface area contributed by atoms with Gasteiger partial charge in [-0.15, -0.1) is 11.3 Å². The molecule has 0 atom stereocenters. The second-order valence-corrected chi connectivity index (χ2v) is 6.07. The van der Waals surface area contributed by atoms with Gasteiger partial charge in [-0.3, -0.25) is 9.59 Å². The number of thiazole rings is 1. The van der Waals surface area contributed by atoms with Crippen molar-refractivity contribution >= 4 is 33.4 Å². The van der Waals surface area contributed by atoms with Crippen LogP contribution in [0, 0.1) is 0 Å². The highest BCUT2D eigenvalue weighted by Gasteiger charge is 2.21. The molecule has 21 heavy (non-hydrogen) atoms. The molecule has 0 spiro atoms. The van der Waals surface area contributed by atoms with Crippen LogP contribution in [0.4, 0.5) is 0 Å². The van der Waals surface area contributed by atoms with Crippen molar-refractivity contribution in [2.45, 2.75) is 13.3 Å². The van der Waals surface area contributed by atoms with Crippen molar-refractivity contribution in [3.8, 4) is 0 Å². The Kier molecular flexibility index (Phi) is 3.88. The monoisotopic (exact) mass is 303 g/mol. The number of carbonyl (C=O) groups is 2. The summed E-state index contributed by atoms with van der Waals surface area (Å²) in [5.41, 5.74) is 3.41. The summed E-state index contributed by atoms with van der Waals surface area (Å²) in [7, 11) is 0. The molecule has 3 rings (SSSR count). The van der Waals surface area contributed by atoms with Gasteiger partial charge < -0.3 is 9.80 Å². The zero-order chi connectivity index (χ0) is 14.8. The Bertz CT molecular complexity index is 682. The lowest BCUT2D eigenvalue weighted by Crippen LogP contribution is -2.36. The van der Waals surface area contributed by atoms with E-state index in [4.69, 9.17) is 0 Å². The Labute approximate surface area is 127 Å². The third-order valence-electron chi connectivity index (χ3n) is 3.81. The molecular weight excluding hydrogens is 286 g/mol. The fourth-order valence-corrected chi connectivity index (χ4v) is 3.32. The molecular formula is C15H17N3O2S. The molecule has 0 unspecified atom stereocenters. The van der Waals surface area contributed by atoms with Crippen LogP contribution in [0.3, 0.4) is 0 Å². The van der Waals surface area contributed by atoms with E-state index in [-0.39, 0.29) is 11.8 Å². The summed E-state index contributed by atoms with van der Waals surface area (Å²) in [6.45, 7) is 4.22. The van der Waals surface area contributed by atoms with Crippen LogP contribution in [0.2, 0.25) is 0 Å². The van der Waals surface area contributed by atoms with Gasteiger partial charge in [-0.25, -0.2) is 4.98 Å². The predicted octanol–water partition coefficient (Wildman–Crippen LogP) is 1.99. The van der Waals surface area contributed by atoms with Gasteiger partial charge in [0.2, 0.25) is 5.91 Å². The highest BCUT2D eigenvalue weighted by molar-refractivity contribution is 7.16. The van der Waals surface area contributed by atoms with Gasteiger partial charge in [-0.2, -0.15) is 0 Å². The molecule has 1 aromatic carbocycles. The molecule has 2 aromatic rings. The lowest BCUT2D eigenvalue weighted by atomic mass is 10.2. The number of nitrogens with zero attached hydrogens (tertiary/aromatic N) is 3. The van der Waals surface area contributed by atoms with Crippen LogP contribution in [0.25, 0.3) is 10.2 Å². The quantitative estimate of drug-likeness (QED) is 0.809. The van der Waals surface area contributed by atoms with Gasteiger partial charge in [0.25, 0.3) is 5.91 Å². The number of benzene rings is 1. The van der Waals surface area contributed by atoms with E-state index in [2.05, 4.69) is 4.98 Å². The highest BCUT2D eigenvalue weighted by atomic mass is 32.1. The van der Waals surface area contributed by atoms with E-state index in [0.29, 0.717) is 25.2 Å². The molecule has 0 N–H and O–H groups in total. The highest BCUT2D eigenvalue weighted by Crippen LogP contribution is 2.20. The van der Waals surface area contributed by atoms with Gasteiger partial charge in [0.1, 0.15) is 0 Å². The van der Waals surface area contributed by atoms with Crippen LogP contribution in [0.1, 0.15) is 23.7 Å². The number of aromatic nitrogens is 1. The van der Waals surface area contributed by atoms with E-state index >= 15 is 0 Å². The van der Waals surface area contributed by atoms with Crippen LogP contribution < -0.4 is 0 Å². The summed E-state index contributed by atoms with van der Waals surface area (Å²) in [4.78, 5) is 31.9. The minimum absolute atomic E-state index is 0.0377. The molecule has 1 aromatic heterocycles. The standard InChI is InChI=1S/C15H17N3O2S/c1-11(19)17-5-2-6-18(8-7-17)15(20)12-3-4-13-14(9-12)21-10-16-13/h3-4,9-10H,2,5-8H2,1H3. The zero-order valence-electron chi connectivity index (χ0n) is 11.9. The van der Waals surface area contributed by atoms with Crippen molar-refractivity contribution < 1.29 is 9.59 Å². The summed E-state index contributed by atoms with van der Waals surface area (Å²) in [6.07, 6.45) is 0.828. The largest absolute Gasteiger partial charge is 0.341 e. The molecule has 1 aliphatic heterocycles. The van der Waals surface area contributed by atoms with E-state index in [0.717, 1.165) is 23.2 Å². The van der Waals surface area contributed by atoms with Crippen molar-refractivity contribution in [1.82, 2.24) is 14.8 Å². The molecule has 0 bridgehead atoms. The first-order chi connectivity index (χ1) is 10.1. The topological polar surface area (TPSA) is 53.5 Å². The van der Waals surface area contributed by atoms with Crippen molar-refractivity contribution in [2.75, 3.05) is 26.2 Å². The van der Waals surface area contributed by atoms with Gasteiger partial charge in [0.05, 0.1) is 15.7 Å². The zero-order valence-corrected chi connectivity index (χ0v) is 12.7. The number of hydrogen-bond acceptors (Lipinski definition) is 4. The summed E-state index contributed by atoms with van der Waals surface area (Å²) in [6, 6.07) is 5.62. The van der Waals surface area contributed by atoms with Crippen molar-refractivity contribution in [1.29, 1.82) is 0 Å². The Hall–Kier alpha value is -1.95. The third kappa shape index (κ3) is 2.90. The number of hydrogen-bond donors (Lipinski definition) is 0. The Balaban J connectivity index is 1.76. The molecule has 1 fully saturated rings. The fourth-order valence-electron chi connectivity index (χ4n) is 2.61. The number of rotatable bonds is 1. The van der Waals surface area contributed by atoms with E-state index in [9.17, 15) is 9.59 Å². The normalized spacial score (nSPS) is 16.0. The minimum atomic E-state index is 0.0377. The van der Waals surface area contributed by atoms with Crippen LogP contribution >= 0.6 is 11.3 Å². The molecule has 0 radical (unpaired) electrons. The maximum atomic E-state index is 12.6. The van der Waals surface area contributed by atoms with Crippen LogP contribution in [0.5, 0.6) is 0 Å². The summed E-state index contributed by atoms with van der Waals surface area (Å²) in [5, 5.41) is 0. The predicted molar refractivity (Wildman–Crippen MR) is 82.4 cm³/mol. The average molecular weight is 303 g/mol. The van der Waals surface area contributed by atoms with Crippen molar-refractivity contribution in [3.05, 3.63) is 29.3 Å². The van der Waals surface area contributed by atoms with Gasteiger partial charge in [0.15, 0.2) is 0 Å². The number of amides is 2. The molecule has 2 amide bonds. The second-order valence-electron chi connectivity index (χ2n) is 5.19. The van der Waals surface area contributed by atoms with E-state index in [1.807, 2.05) is 23.1 Å². The Morgan fingerprint density at radius 2 is 1.90 bits per heavy atom. The maximum Gasteiger partial charge on any atom is 0.253 e. The molecule has 2 heterocycles. The van der Waals surface area contributed by atoms with Gasteiger partial charge in [0, 0.05) is 38.7 Å². The first-order valence-electron chi connectivity index (χ1n) is 7.03. The second kappa shape index (κ2) is 5.81. The molecule has 0 saturated carbocycles. The minimum Gasteiger partial charge on any atom is -0.341 e. The molecule has 1 saturated heterocycles. The van der Waals surface area contributed by atoms with Gasteiger partial charge >= 0.3 is 0 Å². The van der Waals surface area contributed by atoms with Crippen LogP contribution in [-0.2, 0) is 4.79 Å². The van der Waals surface area contributed by atoms with Crippen molar-refractivity contribution in [2.24, 2.45) is 0 Å². The van der Waals surface area contributed by atoms with Crippen molar-refractivity contribution in [3.63, 3.8) is 0 Å². The fraction of sp³-hybridized carbons (Fsp3) is 0.400. The van der Waals surface area contributed by atoms with Gasteiger partial charge in [-0.05, 0) is 24.6 Å². The summed E-state index contributed by atoms with van der Waals surface area (Å²) >= 11 is 1.54. The van der Waals surface area contributed by atoms with E-state index in [1.165, 1.54) is 11.3 Å². The van der Waals surface area contributed by atoms with Gasteiger partial charge in [-0.1, -0.05) is 0 Å². The molecule has 5 nitrogen and oxygen atoms in total. The lowest BCUT2D eigenvalue weighted by molar-refractivity contribution is -0.128. The average Bonchev–Trinajstić information content (AvgIpc) is 2.80. The lowest BCUT2D eigenvalue weighted by Gasteiger charge is -2.21. The number of fused-ring (bicyclic) bond motifs is 1. The Morgan fingerprint density at radius 3 is 2.71 bits per heavy atom. The van der Waals surface area contributed by atoms with E-state index < -0.39 is 0 Å². The summed E-state index contributed by atoms with van der Waals surface area (Å²) in [5.74, 6) is 0.117. The SMILES string of the molecule is CC(=O)N1CCCN(C(=O)c2ccc3ncsc3c2)CC1. The third-order valence-corrected chi connectivity index (χ3v) is 4.60. The van der Waals surface area contributed by atoms with E-state index in [1.54, 1.807) is 17.3 Å². The molecule has 1 aliphatic rings. The summed E-state index contributed by atoms with van der Waals surface area (Å²) < 4.78 is 1.03. The maximum absolute atomic E-state index is 12.6. The first-order valence-corrected chi connectivity index (χ1v) is 7.91. The smallest absolute Gasteiger partial charge is 0.253 e. The molecule has 110 valence electrons. The van der Waals surface area contributed by atoms with Crippen LogP contribution in [0.15, 0.2) is 23.7 Å². The number of carbonyl (C=O) groups excluding carboxylic acids is 2.